The number of hydrogen-bond acceptors (Lipinski definition) is 1. The molecule has 1 heterocycles. The van der Waals surface area contributed by atoms with Crippen LogP contribution in [0.4, 0.5) is 0 Å². The second kappa shape index (κ2) is 4.88. The zero-order valence-electron chi connectivity index (χ0n) is 10.6. The van der Waals surface area contributed by atoms with Gasteiger partial charge in [-0.25, -0.2) is 4.68 Å². The van der Waals surface area contributed by atoms with Crippen LogP contribution in [0.3, 0.4) is 0 Å². The van der Waals surface area contributed by atoms with Gasteiger partial charge in [0.2, 0.25) is 0 Å². The van der Waals surface area contributed by atoms with E-state index in [9.17, 15) is 0 Å². The Labute approximate surface area is 107 Å². The molecule has 0 aliphatic rings. The maximum absolute atomic E-state index is 5.39. The molecule has 17 heavy (non-hydrogen) atoms. The van der Waals surface area contributed by atoms with Crippen LogP contribution in [-0.4, -0.2) is 9.78 Å². The summed E-state index contributed by atoms with van der Waals surface area (Å²) >= 11 is 5.39. The molecule has 2 aromatic rings. The van der Waals surface area contributed by atoms with Crippen molar-refractivity contribution in [2.24, 2.45) is 0 Å². The first-order valence-electron chi connectivity index (χ1n) is 6.00. The second-order valence-corrected chi connectivity index (χ2v) is 4.91. The Morgan fingerprint density at radius 3 is 2.65 bits per heavy atom. The molecule has 1 N–H and O–H groups in total. The van der Waals surface area contributed by atoms with Crippen molar-refractivity contribution in [3.63, 3.8) is 0 Å². The molecule has 3 heteroatoms. The number of aryl methyl sites for hydroxylation is 3. The van der Waals surface area contributed by atoms with Gasteiger partial charge in [0.25, 0.3) is 0 Å². The number of nitrogens with one attached hydrogen (secondary N) is 1. The van der Waals surface area contributed by atoms with Gasteiger partial charge in [0.15, 0.2) is 0 Å². The van der Waals surface area contributed by atoms with Gasteiger partial charge in [-0.1, -0.05) is 43.3 Å². The number of aromatic amines is 1. The van der Waals surface area contributed by atoms with Crippen LogP contribution in [-0.2, 0) is 6.42 Å². The summed E-state index contributed by atoms with van der Waals surface area (Å²) in [7, 11) is 0. The lowest BCUT2D eigenvalue weighted by Gasteiger charge is -2.08. The first kappa shape index (κ1) is 12.1. The molecular weight excluding hydrogens is 228 g/mol. The van der Waals surface area contributed by atoms with Gasteiger partial charge in [0, 0.05) is 5.69 Å². The molecule has 0 aliphatic heterocycles. The van der Waals surface area contributed by atoms with E-state index in [0.717, 1.165) is 23.2 Å². The Bertz CT molecular complexity index is 578. The average molecular weight is 246 g/mol. The van der Waals surface area contributed by atoms with Crippen LogP contribution in [0.1, 0.15) is 30.2 Å². The molecule has 0 unspecified atom stereocenters. The summed E-state index contributed by atoms with van der Waals surface area (Å²) in [5, 5.41) is 3.37. The molecule has 0 saturated heterocycles. The lowest BCUT2D eigenvalue weighted by molar-refractivity contribution is 0.798. The molecule has 0 spiro atoms. The van der Waals surface area contributed by atoms with Gasteiger partial charge in [0.05, 0.1) is 5.69 Å². The summed E-state index contributed by atoms with van der Waals surface area (Å²) in [6.07, 6.45) is 2.17. The molecule has 0 atom stereocenters. The quantitative estimate of drug-likeness (QED) is 0.808. The minimum absolute atomic E-state index is 0.848. The van der Waals surface area contributed by atoms with E-state index in [4.69, 9.17) is 12.2 Å². The Balaban J connectivity index is 2.49. The van der Waals surface area contributed by atoms with Crippen molar-refractivity contribution < 1.29 is 0 Å². The molecule has 2 rings (SSSR count). The zero-order valence-corrected chi connectivity index (χ0v) is 11.4. The van der Waals surface area contributed by atoms with Crippen LogP contribution >= 0.6 is 12.2 Å². The van der Waals surface area contributed by atoms with Crippen molar-refractivity contribution in [2.45, 2.75) is 33.6 Å². The first-order chi connectivity index (χ1) is 8.11. The highest BCUT2D eigenvalue weighted by Gasteiger charge is 2.05. The van der Waals surface area contributed by atoms with Crippen LogP contribution in [0.25, 0.3) is 5.69 Å². The number of aromatic nitrogens is 2. The van der Waals surface area contributed by atoms with Crippen LogP contribution < -0.4 is 0 Å². The van der Waals surface area contributed by atoms with E-state index < -0.39 is 0 Å². The molecule has 0 saturated carbocycles. The van der Waals surface area contributed by atoms with E-state index in [1.54, 1.807) is 0 Å². The molecule has 0 aliphatic carbocycles. The average Bonchev–Trinajstić information content (AvgIpc) is 2.60. The summed E-state index contributed by atoms with van der Waals surface area (Å²) in [5.74, 6) is 0. The molecule has 0 fully saturated rings. The van der Waals surface area contributed by atoms with E-state index in [2.05, 4.69) is 50.1 Å². The van der Waals surface area contributed by atoms with Crippen LogP contribution in [0.5, 0.6) is 0 Å². The molecule has 0 bridgehead atoms. The molecule has 0 amide bonds. The summed E-state index contributed by atoms with van der Waals surface area (Å²) in [6, 6.07) is 8.46. The van der Waals surface area contributed by atoms with E-state index in [1.807, 2.05) is 4.68 Å². The molecular formula is C14H18N2S. The lowest BCUT2D eigenvalue weighted by Crippen LogP contribution is -2.00. The Morgan fingerprint density at radius 1 is 1.24 bits per heavy atom. The third kappa shape index (κ3) is 2.50. The summed E-state index contributed by atoms with van der Waals surface area (Å²) < 4.78 is 2.84. The monoisotopic (exact) mass is 246 g/mol. The third-order valence-corrected chi connectivity index (χ3v) is 3.19. The lowest BCUT2D eigenvalue weighted by atomic mass is 10.1. The molecule has 0 radical (unpaired) electrons. The van der Waals surface area contributed by atoms with Gasteiger partial charge < -0.3 is 0 Å². The number of hydrogen-bond donors (Lipinski definition) is 1. The highest BCUT2D eigenvalue weighted by atomic mass is 32.1. The fraction of sp³-hybridized carbons (Fsp3) is 0.357. The zero-order chi connectivity index (χ0) is 12.4. The Kier molecular flexibility index (Phi) is 3.48. The predicted molar refractivity (Wildman–Crippen MR) is 74.4 cm³/mol. The fourth-order valence-corrected chi connectivity index (χ4v) is 2.36. The van der Waals surface area contributed by atoms with Crippen molar-refractivity contribution in [1.82, 2.24) is 9.78 Å². The van der Waals surface area contributed by atoms with Gasteiger partial charge in [-0.2, -0.15) is 0 Å². The maximum Gasteiger partial charge on any atom is 0.127 e. The van der Waals surface area contributed by atoms with E-state index in [-0.39, 0.29) is 0 Å². The summed E-state index contributed by atoms with van der Waals surface area (Å²) in [5.41, 5.74) is 4.87. The Morgan fingerprint density at radius 2 is 2.00 bits per heavy atom. The smallest absolute Gasteiger partial charge is 0.127 e. The number of rotatable bonds is 3. The standard InChI is InChI=1S/C14H18N2S/c1-4-5-12-9-14(17)16(15-12)13-7-6-10(2)8-11(13)3/h6-9,15H,4-5H2,1-3H3. The van der Waals surface area contributed by atoms with Crippen LogP contribution in [0, 0.1) is 18.5 Å². The van der Waals surface area contributed by atoms with Gasteiger partial charge in [-0.3, -0.25) is 5.10 Å². The second-order valence-electron chi connectivity index (χ2n) is 4.49. The number of benzene rings is 1. The van der Waals surface area contributed by atoms with E-state index in [0.29, 0.717) is 0 Å². The van der Waals surface area contributed by atoms with E-state index in [1.165, 1.54) is 16.8 Å². The SMILES string of the molecule is CCCc1cc(=S)n(-c2ccc(C)cc2C)[nH]1. The fourth-order valence-electron chi connectivity index (χ4n) is 2.08. The van der Waals surface area contributed by atoms with Gasteiger partial charge in [-0.15, -0.1) is 0 Å². The molecule has 1 aromatic heterocycles. The van der Waals surface area contributed by atoms with Gasteiger partial charge in [-0.05, 0) is 38.0 Å². The highest BCUT2D eigenvalue weighted by molar-refractivity contribution is 7.71. The maximum atomic E-state index is 5.39. The summed E-state index contributed by atoms with van der Waals surface area (Å²) in [6.45, 7) is 6.39. The number of nitrogens with zero attached hydrogens (tertiary/aromatic N) is 1. The van der Waals surface area contributed by atoms with Gasteiger partial charge >= 0.3 is 0 Å². The van der Waals surface area contributed by atoms with Crippen molar-refractivity contribution in [2.75, 3.05) is 0 Å². The predicted octanol–water partition coefficient (Wildman–Crippen LogP) is 4.10. The summed E-state index contributed by atoms with van der Waals surface area (Å²) in [4.78, 5) is 0. The van der Waals surface area contributed by atoms with Crippen molar-refractivity contribution in [3.8, 4) is 5.69 Å². The largest absolute Gasteiger partial charge is 0.297 e. The van der Waals surface area contributed by atoms with Crippen molar-refractivity contribution in [3.05, 3.63) is 45.7 Å². The molecule has 1 aromatic carbocycles. The number of H-pyrrole nitrogens is 1. The third-order valence-electron chi connectivity index (χ3n) is 2.89. The minimum atomic E-state index is 0.848. The molecule has 90 valence electrons. The topological polar surface area (TPSA) is 20.7 Å². The minimum Gasteiger partial charge on any atom is -0.297 e. The van der Waals surface area contributed by atoms with Crippen molar-refractivity contribution >= 4 is 12.2 Å². The van der Waals surface area contributed by atoms with E-state index >= 15 is 0 Å². The van der Waals surface area contributed by atoms with Crippen molar-refractivity contribution in [1.29, 1.82) is 0 Å². The Hall–Kier alpha value is -1.35. The molecule has 2 nitrogen and oxygen atoms in total. The van der Waals surface area contributed by atoms with Gasteiger partial charge in [0.1, 0.15) is 4.64 Å². The van der Waals surface area contributed by atoms with Crippen LogP contribution in [0.15, 0.2) is 24.3 Å². The van der Waals surface area contributed by atoms with Crippen LogP contribution in [0.2, 0.25) is 0 Å². The first-order valence-corrected chi connectivity index (χ1v) is 6.41. The normalized spacial score (nSPS) is 10.8. The highest BCUT2D eigenvalue weighted by Crippen LogP contribution is 2.16.